The van der Waals surface area contributed by atoms with Gasteiger partial charge in [-0.05, 0) is 28.8 Å². The Morgan fingerprint density at radius 1 is 0.950 bits per heavy atom. The maximum Gasteiger partial charge on any atom is 0.455 e. The van der Waals surface area contributed by atoms with E-state index in [1.807, 2.05) is 0 Å². The molecule has 1 unspecified atom stereocenters. The predicted octanol–water partition coefficient (Wildman–Crippen LogP) is 5.63. The first-order valence-electron chi connectivity index (χ1n) is 5.73. The summed E-state index contributed by atoms with van der Waals surface area (Å²) in [6, 6.07) is 9.50. The first-order chi connectivity index (χ1) is 9.16. The van der Waals surface area contributed by atoms with E-state index in [4.69, 9.17) is 11.6 Å². The minimum absolute atomic E-state index is 0.188. The Balaban J connectivity index is 2.66. The number of benzene rings is 2. The van der Waals surface area contributed by atoms with Gasteiger partial charge in [0.05, 0.1) is 0 Å². The highest BCUT2D eigenvalue weighted by atomic mass is 35.5. The molecule has 0 nitrogen and oxygen atoms in total. The molecule has 0 aliphatic rings. The van der Waals surface area contributed by atoms with Crippen molar-refractivity contribution in [2.24, 2.45) is 0 Å². The molecule has 2 rings (SSSR count). The summed E-state index contributed by atoms with van der Waals surface area (Å²) in [7, 11) is 0. The smallest absolute Gasteiger partial charge is 0.194 e. The molecule has 0 saturated carbocycles. The van der Waals surface area contributed by atoms with Gasteiger partial charge in [0, 0.05) is 0 Å². The minimum atomic E-state index is -5.69. The Morgan fingerprint density at radius 2 is 1.55 bits per heavy atom. The maximum atomic E-state index is 13.5. The summed E-state index contributed by atoms with van der Waals surface area (Å²) in [4.78, 5) is 0. The zero-order valence-corrected chi connectivity index (χ0v) is 11.1. The van der Waals surface area contributed by atoms with E-state index in [2.05, 4.69) is 0 Å². The highest BCUT2D eigenvalue weighted by Crippen LogP contribution is 2.49. The van der Waals surface area contributed by atoms with Crippen LogP contribution in [0.3, 0.4) is 0 Å². The molecule has 0 amide bonds. The van der Waals surface area contributed by atoms with E-state index < -0.39 is 17.5 Å². The summed E-state index contributed by atoms with van der Waals surface area (Å²) in [5.74, 6) is -5.00. The van der Waals surface area contributed by atoms with Crippen LogP contribution in [0.25, 0.3) is 10.8 Å². The van der Waals surface area contributed by atoms with Gasteiger partial charge >= 0.3 is 12.1 Å². The van der Waals surface area contributed by atoms with Crippen LogP contribution in [0.1, 0.15) is 16.5 Å². The lowest BCUT2D eigenvalue weighted by atomic mass is 9.94. The molecule has 0 radical (unpaired) electrons. The number of halogens is 6. The van der Waals surface area contributed by atoms with Crippen molar-refractivity contribution in [3.8, 4) is 0 Å². The Bertz CT molecular complexity index is 633. The van der Waals surface area contributed by atoms with Crippen LogP contribution in [0.2, 0.25) is 0 Å². The molecule has 0 bridgehead atoms. The Kier molecular flexibility index (Phi) is 3.67. The lowest BCUT2D eigenvalue weighted by molar-refractivity contribution is -0.283. The third-order valence-electron chi connectivity index (χ3n) is 3.14. The standard InChI is InChI=1S/C14H10ClF5/c1-8-6-7-9-4-2-3-5-10(9)11(8)12(15)13(16,17)14(18,19)20/h2-7,12H,1H3. The molecule has 0 aliphatic heterocycles. The number of rotatable bonds is 2. The third-order valence-corrected chi connectivity index (χ3v) is 3.63. The van der Waals surface area contributed by atoms with Gasteiger partial charge in [0.25, 0.3) is 0 Å². The van der Waals surface area contributed by atoms with Crippen molar-refractivity contribution in [1.82, 2.24) is 0 Å². The average molecular weight is 309 g/mol. The lowest BCUT2D eigenvalue weighted by Gasteiger charge is -2.26. The summed E-state index contributed by atoms with van der Waals surface area (Å²) in [5.41, 5.74) is 0.111. The number of aryl methyl sites for hydroxylation is 1. The highest BCUT2D eigenvalue weighted by molar-refractivity contribution is 6.22. The molecule has 0 aliphatic carbocycles. The van der Waals surface area contributed by atoms with Gasteiger partial charge in [0.15, 0.2) is 0 Å². The molecule has 0 aromatic heterocycles. The normalized spacial score (nSPS) is 14.6. The molecule has 108 valence electrons. The second-order valence-electron chi connectivity index (χ2n) is 4.50. The number of fused-ring (bicyclic) bond motifs is 1. The highest BCUT2D eigenvalue weighted by Gasteiger charge is 2.62. The van der Waals surface area contributed by atoms with Crippen LogP contribution in [0.5, 0.6) is 0 Å². The monoisotopic (exact) mass is 308 g/mol. The van der Waals surface area contributed by atoms with Crippen LogP contribution in [-0.4, -0.2) is 12.1 Å². The van der Waals surface area contributed by atoms with Crippen molar-refractivity contribution in [1.29, 1.82) is 0 Å². The van der Waals surface area contributed by atoms with E-state index in [0.29, 0.717) is 16.3 Å². The molecule has 0 N–H and O–H groups in total. The summed E-state index contributed by atoms with van der Waals surface area (Å²) < 4.78 is 64.3. The number of hydrogen-bond donors (Lipinski definition) is 0. The minimum Gasteiger partial charge on any atom is -0.194 e. The summed E-state index contributed by atoms with van der Waals surface area (Å²) in [6.45, 7) is 1.46. The molecule has 2 aromatic carbocycles. The fourth-order valence-electron chi connectivity index (χ4n) is 2.07. The molecule has 0 saturated heterocycles. The van der Waals surface area contributed by atoms with Crippen LogP contribution in [-0.2, 0) is 0 Å². The zero-order valence-electron chi connectivity index (χ0n) is 10.3. The van der Waals surface area contributed by atoms with Gasteiger partial charge in [-0.1, -0.05) is 36.4 Å². The first-order valence-corrected chi connectivity index (χ1v) is 6.16. The topological polar surface area (TPSA) is 0 Å². The number of alkyl halides is 6. The molecule has 2 aromatic rings. The van der Waals surface area contributed by atoms with Gasteiger partial charge < -0.3 is 0 Å². The lowest BCUT2D eigenvalue weighted by Crippen LogP contribution is -2.40. The van der Waals surface area contributed by atoms with E-state index in [9.17, 15) is 22.0 Å². The van der Waals surface area contributed by atoms with E-state index in [1.165, 1.54) is 19.1 Å². The summed E-state index contributed by atoms with van der Waals surface area (Å²) in [6.07, 6.45) is -5.69. The van der Waals surface area contributed by atoms with Gasteiger partial charge in [0.1, 0.15) is 5.38 Å². The average Bonchev–Trinajstić information content (AvgIpc) is 2.36. The van der Waals surface area contributed by atoms with Crippen LogP contribution < -0.4 is 0 Å². The van der Waals surface area contributed by atoms with Crippen LogP contribution >= 0.6 is 11.6 Å². The fourth-order valence-corrected chi connectivity index (χ4v) is 2.48. The zero-order chi connectivity index (χ0) is 15.1. The molecular formula is C14H10ClF5. The second kappa shape index (κ2) is 4.88. The SMILES string of the molecule is Cc1ccc2ccccc2c1C(Cl)C(F)(F)C(F)(F)F. The summed E-state index contributed by atoms with van der Waals surface area (Å²) >= 11 is 5.50. The van der Waals surface area contributed by atoms with Crippen molar-refractivity contribution in [2.75, 3.05) is 0 Å². The summed E-state index contributed by atoms with van der Waals surface area (Å²) in [5, 5.41) is -1.60. The molecule has 20 heavy (non-hydrogen) atoms. The first kappa shape index (κ1) is 15.0. The Hall–Kier alpha value is -1.36. The molecule has 6 heteroatoms. The van der Waals surface area contributed by atoms with Crippen molar-refractivity contribution in [3.63, 3.8) is 0 Å². The molecule has 0 spiro atoms. The van der Waals surface area contributed by atoms with Crippen molar-refractivity contribution < 1.29 is 22.0 Å². The molecule has 0 heterocycles. The van der Waals surface area contributed by atoms with Gasteiger partial charge in [-0.2, -0.15) is 22.0 Å². The van der Waals surface area contributed by atoms with Crippen molar-refractivity contribution >= 4 is 22.4 Å². The van der Waals surface area contributed by atoms with Crippen molar-refractivity contribution in [2.45, 2.75) is 24.4 Å². The Labute approximate surface area is 117 Å². The van der Waals surface area contributed by atoms with Gasteiger partial charge in [-0.25, -0.2) is 0 Å². The van der Waals surface area contributed by atoms with Crippen LogP contribution in [0.4, 0.5) is 22.0 Å². The molecule has 1 atom stereocenters. The number of hydrogen-bond acceptors (Lipinski definition) is 0. The van der Waals surface area contributed by atoms with Gasteiger partial charge in [0.2, 0.25) is 0 Å². The van der Waals surface area contributed by atoms with Crippen LogP contribution in [0.15, 0.2) is 36.4 Å². The molecule has 0 fully saturated rings. The van der Waals surface area contributed by atoms with E-state index in [-0.39, 0.29) is 5.56 Å². The maximum absolute atomic E-state index is 13.5. The Morgan fingerprint density at radius 3 is 2.15 bits per heavy atom. The van der Waals surface area contributed by atoms with E-state index in [1.54, 1.807) is 24.3 Å². The van der Waals surface area contributed by atoms with Gasteiger partial charge in [-0.3, -0.25) is 0 Å². The quantitative estimate of drug-likeness (QED) is 0.498. The largest absolute Gasteiger partial charge is 0.455 e. The predicted molar refractivity (Wildman–Crippen MR) is 68.3 cm³/mol. The fraction of sp³-hybridized carbons (Fsp3) is 0.286. The third kappa shape index (κ3) is 2.35. The van der Waals surface area contributed by atoms with Crippen molar-refractivity contribution in [3.05, 3.63) is 47.5 Å². The van der Waals surface area contributed by atoms with Gasteiger partial charge in [-0.15, -0.1) is 11.6 Å². The molecular weight excluding hydrogens is 299 g/mol. The van der Waals surface area contributed by atoms with Crippen LogP contribution in [0, 0.1) is 6.92 Å². The van der Waals surface area contributed by atoms with E-state index in [0.717, 1.165) is 0 Å². The second-order valence-corrected chi connectivity index (χ2v) is 4.94. The van der Waals surface area contributed by atoms with E-state index >= 15 is 0 Å².